The average Bonchev–Trinajstić information content (AvgIpc) is 2.47. The summed E-state index contributed by atoms with van der Waals surface area (Å²) in [5.74, 6) is -4.38. The monoisotopic (exact) mass is 382 g/mol. The molecule has 0 bridgehead atoms. The Balaban J connectivity index is 0.00000288. The lowest BCUT2D eigenvalue weighted by atomic mass is 10.00. The summed E-state index contributed by atoms with van der Waals surface area (Å²) in [6.07, 6.45) is 1.69. The third-order valence-electron chi connectivity index (χ3n) is 3.81. The van der Waals surface area contributed by atoms with Crippen molar-refractivity contribution in [3.05, 3.63) is 35.4 Å². The van der Waals surface area contributed by atoms with Crippen molar-refractivity contribution in [1.29, 1.82) is 0 Å². The quantitative estimate of drug-likeness (QED) is 0.818. The molecule has 0 aliphatic carbocycles. The Kier molecular flexibility index (Phi) is 7.56. The zero-order valence-electron chi connectivity index (χ0n) is 13.2. The van der Waals surface area contributed by atoms with Crippen LogP contribution in [0.5, 0.6) is 0 Å². The first-order valence-electron chi connectivity index (χ1n) is 7.41. The van der Waals surface area contributed by atoms with Crippen molar-refractivity contribution < 1.29 is 22.0 Å². The molecule has 1 aliphatic heterocycles. The van der Waals surface area contributed by atoms with Crippen LogP contribution in [0.4, 0.5) is 8.78 Å². The van der Waals surface area contributed by atoms with Crippen molar-refractivity contribution in [2.45, 2.75) is 43.4 Å². The summed E-state index contributed by atoms with van der Waals surface area (Å²) in [6.45, 7) is 2.90. The van der Waals surface area contributed by atoms with Gasteiger partial charge in [0, 0.05) is 17.6 Å². The molecular weight excluding hydrogens is 362 g/mol. The molecule has 1 amide bonds. The minimum Gasteiger partial charge on any atom is -0.349 e. The van der Waals surface area contributed by atoms with E-state index in [1.165, 1.54) is 24.3 Å². The van der Waals surface area contributed by atoms with Crippen LogP contribution in [-0.4, -0.2) is 38.7 Å². The molecule has 1 aromatic carbocycles. The number of rotatable bonds is 5. The summed E-state index contributed by atoms with van der Waals surface area (Å²) in [5, 5.41) is 6.23. The molecule has 1 aromatic rings. The van der Waals surface area contributed by atoms with Crippen molar-refractivity contribution >= 4 is 28.2 Å². The molecule has 1 fully saturated rings. The Bertz CT molecular complexity index is 653. The zero-order chi connectivity index (χ0) is 17.0. The van der Waals surface area contributed by atoms with Gasteiger partial charge in [-0.15, -0.1) is 12.4 Å². The number of amides is 1. The molecular formula is C15H21ClF2N2O3S. The first kappa shape index (κ1) is 20.8. The number of halogens is 3. The highest BCUT2D eigenvalue weighted by molar-refractivity contribution is 7.90. The van der Waals surface area contributed by atoms with E-state index in [0.29, 0.717) is 11.6 Å². The highest BCUT2D eigenvalue weighted by atomic mass is 35.5. The fourth-order valence-electron chi connectivity index (χ4n) is 2.58. The fraction of sp³-hybridized carbons (Fsp3) is 0.533. The Morgan fingerprint density at radius 1 is 1.33 bits per heavy atom. The van der Waals surface area contributed by atoms with Gasteiger partial charge in [0.15, 0.2) is 0 Å². The predicted molar refractivity (Wildman–Crippen MR) is 90.3 cm³/mol. The van der Waals surface area contributed by atoms with Crippen LogP contribution < -0.4 is 10.6 Å². The maximum atomic E-state index is 12.3. The van der Waals surface area contributed by atoms with Crippen LogP contribution in [-0.2, 0) is 15.6 Å². The molecule has 1 aliphatic rings. The van der Waals surface area contributed by atoms with Crippen LogP contribution in [0.3, 0.4) is 0 Å². The van der Waals surface area contributed by atoms with Gasteiger partial charge in [0.1, 0.15) is 0 Å². The maximum Gasteiger partial charge on any atom is 0.337 e. The number of alkyl halides is 2. The van der Waals surface area contributed by atoms with Crippen LogP contribution in [0, 0.1) is 0 Å². The molecule has 1 saturated heterocycles. The summed E-state index contributed by atoms with van der Waals surface area (Å²) in [7, 11) is -4.45. The third kappa shape index (κ3) is 5.68. The summed E-state index contributed by atoms with van der Waals surface area (Å²) in [5.41, 5.74) is 0.617. The zero-order valence-corrected chi connectivity index (χ0v) is 14.8. The van der Waals surface area contributed by atoms with Gasteiger partial charge in [-0.3, -0.25) is 4.79 Å². The van der Waals surface area contributed by atoms with Gasteiger partial charge in [0.25, 0.3) is 5.91 Å². The number of benzene rings is 1. The Morgan fingerprint density at radius 3 is 2.50 bits per heavy atom. The number of hydrogen-bond donors (Lipinski definition) is 2. The largest absolute Gasteiger partial charge is 0.349 e. The number of nitrogens with one attached hydrogen (secondary N) is 2. The lowest BCUT2D eigenvalue weighted by molar-refractivity contribution is 0.0925. The van der Waals surface area contributed by atoms with Gasteiger partial charge >= 0.3 is 5.76 Å². The summed E-state index contributed by atoms with van der Waals surface area (Å²) >= 11 is 0. The van der Waals surface area contributed by atoms with E-state index in [4.69, 9.17) is 0 Å². The first-order valence-corrected chi connectivity index (χ1v) is 9.12. The van der Waals surface area contributed by atoms with Gasteiger partial charge < -0.3 is 10.6 Å². The molecule has 0 aromatic heterocycles. The normalized spacial score (nSPS) is 21.2. The topological polar surface area (TPSA) is 75.3 Å². The van der Waals surface area contributed by atoms with Crippen LogP contribution in [0.25, 0.3) is 0 Å². The molecule has 136 valence electrons. The Morgan fingerprint density at radius 2 is 1.96 bits per heavy atom. The van der Waals surface area contributed by atoms with Crippen LogP contribution in [0.1, 0.15) is 35.7 Å². The number of sulfone groups is 1. The summed E-state index contributed by atoms with van der Waals surface area (Å²) in [6, 6.07) is 6.13. The Hall–Kier alpha value is -1.25. The molecule has 0 saturated carbocycles. The number of carbonyl (C=O) groups is 1. The smallest absolute Gasteiger partial charge is 0.337 e. The van der Waals surface area contributed by atoms with Crippen molar-refractivity contribution in [2.75, 3.05) is 6.54 Å². The molecule has 24 heavy (non-hydrogen) atoms. The van der Waals surface area contributed by atoms with E-state index in [-0.39, 0.29) is 29.9 Å². The molecule has 0 radical (unpaired) electrons. The van der Waals surface area contributed by atoms with Crippen LogP contribution in [0.2, 0.25) is 0 Å². The molecule has 5 nitrogen and oxygen atoms in total. The SMILES string of the molecule is CC1CC(NC(=O)c2ccc(CS(=O)(=O)C(F)F)cc2)CCN1.Cl. The minimum absolute atomic E-state index is 0. The number of piperidine rings is 1. The first-order chi connectivity index (χ1) is 10.8. The third-order valence-corrected chi connectivity index (χ3v) is 5.09. The van der Waals surface area contributed by atoms with Crippen molar-refractivity contribution in [3.63, 3.8) is 0 Å². The second-order valence-corrected chi connectivity index (χ2v) is 7.79. The van der Waals surface area contributed by atoms with Crippen molar-refractivity contribution in [1.82, 2.24) is 10.6 Å². The summed E-state index contributed by atoms with van der Waals surface area (Å²) in [4.78, 5) is 12.2. The molecule has 1 heterocycles. The van der Waals surface area contributed by atoms with E-state index in [1.807, 2.05) is 0 Å². The number of hydrogen-bond acceptors (Lipinski definition) is 4. The van der Waals surface area contributed by atoms with Gasteiger partial charge in [-0.05, 0) is 44.0 Å². The molecule has 2 atom stereocenters. The minimum atomic E-state index is -4.45. The second-order valence-electron chi connectivity index (χ2n) is 5.81. The van der Waals surface area contributed by atoms with E-state index in [0.717, 1.165) is 19.4 Å². The molecule has 2 N–H and O–H groups in total. The summed E-state index contributed by atoms with van der Waals surface area (Å²) < 4.78 is 47.0. The lowest BCUT2D eigenvalue weighted by Crippen LogP contribution is -2.46. The molecule has 2 rings (SSSR count). The second kappa shape index (κ2) is 8.73. The van der Waals surface area contributed by atoms with E-state index >= 15 is 0 Å². The van der Waals surface area contributed by atoms with Crippen LogP contribution in [0.15, 0.2) is 24.3 Å². The molecule has 9 heteroatoms. The van der Waals surface area contributed by atoms with Gasteiger partial charge in [0.2, 0.25) is 9.84 Å². The molecule has 0 spiro atoms. The molecule has 2 unspecified atom stereocenters. The van der Waals surface area contributed by atoms with Crippen molar-refractivity contribution in [2.24, 2.45) is 0 Å². The van der Waals surface area contributed by atoms with E-state index in [2.05, 4.69) is 17.6 Å². The predicted octanol–water partition coefficient (Wildman–Crippen LogP) is 2.12. The standard InChI is InChI=1S/C15H20F2N2O3S.ClH/c1-10-8-13(6-7-18-10)19-14(20)12-4-2-11(3-5-12)9-23(21,22)15(16)17;/h2-5,10,13,15,18H,6-9H2,1H3,(H,19,20);1H. The Labute approximate surface area is 146 Å². The van der Waals surface area contributed by atoms with Crippen LogP contribution >= 0.6 is 12.4 Å². The highest BCUT2D eigenvalue weighted by Gasteiger charge is 2.24. The van der Waals surface area contributed by atoms with E-state index in [1.54, 1.807) is 0 Å². The lowest BCUT2D eigenvalue weighted by Gasteiger charge is -2.28. The average molecular weight is 383 g/mol. The van der Waals surface area contributed by atoms with E-state index < -0.39 is 21.3 Å². The van der Waals surface area contributed by atoms with E-state index in [9.17, 15) is 22.0 Å². The van der Waals surface area contributed by atoms with Gasteiger partial charge in [-0.1, -0.05) is 12.1 Å². The highest BCUT2D eigenvalue weighted by Crippen LogP contribution is 2.15. The fourth-order valence-corrected chi connectivity index (χ4v) is 3.36. The van der Waals surface area contributed by atoms with Gasteiger partial charge in [0.05, 0.1) is 5.75 Å². The van der Waals surface area contributed by atoms with Crippen molar-refractivity contribution in [3.8, 4) is 0 Å². The maximum absolute atomic E-state index is 12.3. The number of carbonyl (C=O) groups excluding carboxylic acids is 1. The van der Waals surface area contributed by atoms with Gasteiger partial charge in [-0.2, -0.15) is 8.78 Å². The van der Waals surface area contributed by atoms with Gasteiger partial charge in [-0.25, -0.2) is 8.42 Å².